The molecule has 2 N–H and O–H groups in total. The Balaban J connectivity index is 1.48. The third-order valence-electron chi connectivity index (χ3n) is 3.92. The number of hydrogen-bond acceptors (Lipinski definition) is 5. The summed E-state index contributed by atoms with van der Waals surface area (Å²) in [5.41, 5.74) is 1.76. The first kappa shape index (κ1) is 19.2. The Morgan fingerprint density at radius 2 is 1.90 bits per heavy atom. The molecule has 3 heterocycles. The summed E-state index contributed by atoms with van der Waals surface area (Å²) < 4.78 is 51.6. The molecular formula is C19H13F4N5S. The Kier molecular flexibility index (Phi) is 5.10. The second-order valence-corrected chi connectivity index (χ2v) is 7.14. The van der Waals surface area contributed by atoms with Gasteiger partial charge in [0.1, 0.15) is 17.3 Å². The number of nitrogens with zero attached hydrogens (tertiary/aromatic N) is 3. The number of halogens is 4. The molecule has 10 heteroatoms. The summed E-state index contributed by atoms with van der Waals surface area (Å²) in [5, 5.41) is 3.05. The summed E-state index contributed by atoms with van der Waals surface area (Å²) in [6.07, 6.45) is -0.712. The van der Waals surface area contributed by atoms with Crippen molar-refractivity contribution >= 4 is 34.2 Å². The van der Waals surface area contributed by atoms with Crippen molar-refractivity contribution < 1.29 is 17.6 Å². The lowest BCUT2D eigenvalue weighted by atomic mass is 10.2. The molecule has 0 aliphatic carbocycles. The van der Waals surface area contributed by atoms with Gasteiger partial charge in [-0.1, -0.05) is 0 Å². The van der Waals surface area contributed by atoms with E-state index in [-0.39, 0.29) is 0 Å². The number of aromatic nitrogens is 4. The third-order valence-corrected chi connectivity index (χ3v) is 4.93. The Hall–Kier alpha value is -3.14. The topological polar surface area (TPSA) is 66.5 Å². The van der Waals surface area contributed by atoms with Gasteiger partial charge in [-0.25, -0.2) is 9.37 Å². The molecular weight excluding hydrogens is 406 g/mol. The molecule has 4 aromatic rings. The van der Waals surface area contributed by atoms with Crippen LogP contribution in [0.4, 0.5) is 28.9 Å². The van der Waals surface area contributed by atoms with E-state index >= 15 is 0 Å². The van der Waals surface area contributed by atoms with Gasteiger partial charge in [-0.15, -0.1) is 11.8 Å². The maximum Gasteiger partial charge on any atom is 0.433 e. The van der Waals surface area contributed by atoms with Gasteiger partial charge >= 0.3 is 6.18 Å². The van der Waals surface area contributed by atoms with Crippen molar-refractivity contribution in [2.75, 3.05) is 5.32 Å². The van der Waals surface area contributed by atoms with Crippen LogP contribution >= 0.6 is 11.8 Å². The number of anilines is 2. The number of fused-ring (bicyclic) bond motifs is 1. The SMILES string of the molecule is Fc1cncc(Nc2ccc3[nH]c(CSc4ccnc(C(F)(F)F)c4)nc3c2)c1. The van der Waals surface area contributed by atoms with Crippen LogP contribution in [0.25, 0.3) is 11.0 Å². The Morgan fingerprint density at radius 1 is 1.03 bits per heavy atom. The number of nitrogens with one attached hydrogen (secondary N) is 2. The molecule has 0 radical (unpaired) electrons. The summed E-state index contributed by atoms with van der Waals surface area (Å²) in [6, 6.07) is 9.29. The van der Waals surface area contributed by atoms with E-state index in [1.165, 1.54) is 30.1 Å². The first-order valence-corrected chi connectivity index (χ1v) is 9.38. The minimum absolute atomic E-state index is 0.368. The summed E-state index contributed by atoms with van der Waals surface area (Å²) in [6.45, 7) is 0. The van der Waals surface area contributed by atoms with Crippen LogP contribution in [0.5, 0.6) is 0 Å². The normalized spacial score (nSPS) is 11.7. The molecule has 0 atom stereocenters. The van der Waals surface area contributed by atoms with Crippen LogP contribution < -0.4 is 5.32 Å². The average molecular weight is 419 g/mol. The maximum atomic E-state index is 13.3. The van der Waals surface area contributed by atoms with Crippen LogP contribution in [0.15, 0.2) is 59.9 Å². The number of H-pyrrole nitrogens is 1. The zero-order valence-corrected chi connectivity index (χ0v) is 15.5. The van der Waals surface area contributed by atoms with Gasteiger partial charge in [0, 0.05) is 22.8 Å². The third kappa shape index (κ3) is 4.65. The molecule has 29 heavy (non-hydrogen) atoms. The van der Waals surface area contributed by atoms with E-state index in [1.54, 1.807) is 12.1 Å². The summed E-state index contributed by atoms with van der Waals surface area (Å²) >= 11 is 1.23. The van der Waals surface area contributed by atoms with E-state index in [0.29, 0.717) is 33.4 Å². The predicted molar refractivity (Wildman–Crippen MR) is 102 cm³/mol. The Bertz CT molecular complexity index is 1160. The zero-order valence-electron chi connectivity index (χ0n) is 14.7. The molecule has 5 nitrogen and oxygen atoms in total. The molecule has 148 valence electrons. The molecule has 0 amide bonds. The van der Waals surface area contributed by atoms with Crippen LogP contribution in [-0.2, 0) is 11.9 Å². The number of alkyl halides is 3. The molecule has 1 aromatic carbocycles. The highest BCUT2D eigenvalue weighted by Crippen LogP contribution is 2.31. The zero-order chi connectivity index (χ0) is 20.4. The highest BCUT2D eigenvalue weighted by atomic mass is 32.2. The molecule has 3 aromatic heterocycles. The van der Waals surface area contributed by atoms with Crippen LogP contribution in [0, 0.1) is 5.82 Å². The first-order chi connectivity index (χ1) is 13.9. The summed E-state index contributed by atoms with van der Waals surface area (Å²) in [4.78, 5) is 15.2. The lowest BCUT2D eigenvalue weighted by Crippen LogP contribution is -2.07. The van der Waals surface area contributed by atoms with Crippen LogP contribution in [0.3, 0.4) is 0 Å². The lowest BCUT2D eigenvalue weighted by molar-refractivity contribution is -0.141. The monoisotopic (exact) mass is 419 g/mol. The van der Waals surface area contributed by atoms with Crippen molar-refractivity contribution in [3.63, 3.8) is 0 Å². The highest BCUT2D eigenvalue weighted by molar-refractivity contribution is 7.98. The van der Waals surface area contributed by atoms with Crippen LogP contribution in [-0.4, -0.2) is 19.9 Å². The number of benzene rings is 1. The fourth-order valence-corrected chi connectivity index (χ4v) is 3.45. The number of pyridine rings is 2. The number of thioether (sulfide) groups is 1. The standard InChI is InChI=1S/C19H13F4N5S/c20-11-5-13(9-24-8-11)26-12-1-2-15-16(6-12)28-18(27-15)10-29-14-3-4-25-17(7-14)19(21,22)23/h1-9,26H,10H2,(H,27,28). The van der Waals surface area contributed by atoms with Gasteiger partial charge in [-0.3, -0.25) is 9.97 Å². The molecule has 0 saturated carbocycles. The number of hydrogen-bond donors (Lipinski definition) is 2. The Morgan fingerprint density at radius 3 is 2.69 bits per heavy atom. The average Bonchev–Trinajstić information content (AvgIpc) is 3.08. The van der Waals surface area contributed by atoms with Gasteiger partial charge in [0.15, 0.2) is 0 Å². The van der Waals surface area contributed by atoms with Gasteiger partial charge < -0.3 is 10.3 Å². The van der Waals surface area contributed by atoms with E-state index in [2.05, 4.69) is 25.3 Å². The molecule has 0 fully saturated rings. The van der Waals surface area contributed by atoms with Crippen molar-refractivity contribution in [1.82, 2.24) is 19.9 Å². The lowest BCUT2D eigenvalue weighted by Gasteiger charge is -2.06. The summed E-state index contributed by atoms with van der Waals surface area (Å²) in [5.74, 6) is 0.548. The molecule has 0 unspecified atom stereocenters. The van der Waals surface area contributed by atoms with E-state index in [9.17, 15) is 17.6 Å². The van der Waals surface area contributed by atoms with Crippen LogP contribution in [0.2, 0.25) is 0 Å². The van der Waals surface area contributed by atoms with Crippen molar-refractivity contribution in [2.45, 2.75) is 16.8 Å². The maximum absolute atomic E-state index is 13.3. The molecule has 0 saturated heterocycles. The fourth-order valence-electron chi connectivity index (χ4n) is 2.66. The van der Waals surface area contributed by atoms with Gasteiger partial charge in [-0.2, -0.15) is 13.2 Å². The molecule has 0 aliphatic rings. The van der Waals surface area contributed by atoms with E-state index in [4.69, 9.17) is 0 Å². The van der Waals surface area contributed by atoms with E-state index in [1.807, 2.05) is 6.07 Å². The van der Waals surface area contributed by atoms with Gasteiger partial charge in [0.25, 0.3) is 0 Å². The molecule has 0 spiro atoms. The van der Waals surface area contributed by atoms with E-state index in [0.717, 1.165) is 24.0 Å². The van der Waals surface area contributed by atoms with Crippen LogP contribution in [0.1, 0.15) is 11.5 Å². The number of rotatable bonds is 5. The molecule has 0 aliphatic heterocycles. The first-order valence-electron chi connectivity index (χ1n) is 8.39. The predicted octanol–water partition coefficient (Wildman–Crippen LogP) is 5.55. The second-order valence-electron chi connectivity index (χ2n) is 6.10. The van der Waals surface area contributed by atoms with Crippen molar-refractivity contribution in [3.05, 3.63) is 72.3 Å². The van der Waals surface area contributed by atoms with Crippen molar-refractivity contribution in [3.8, 4) is 0 Å². The quantitative estimate of drug-likeness (QED) is 0.328. The molecule has 0 bridgehead atoms. The van der Waals surface area contributed by atoms with Gasteiger partial charge in [0.2, 0.25) is 0 Å². The van der Waals surface area contributed by atoms with Crippen molar-refractivity contribution in [1.29, 1.82) is 0 Å². The fraction of sp³-hybridized carbons (Fsp3) is 0.105. The second kappa shape index (κ2) is 7.70. The highest BCUT2D eigenvalue weighted by Gasteiger charge is 2.32. The smallest absolute Gasteiger partial charge is 0.354 e. The Labute approximate surface area is 166 Å². The largest absolute Gasteiger partial charge is 0.433 e. The minimum atomic E-state index is -4.48. The summed E-state index contributed by atoms with van der Waals surface area (Å²) in [7, 11) is 0. The van der Waals surface area contributed by atoms with Gasteiger partial charge in [0.05, 0.1) is 34.9 Å². The van der Waals surface area contributed by atoms with E-state index < -0.39 is 17.7 Å². The minimum Gasteiger partial charge on any atom is -0.354 e. The number of imidazole rings is 1. The molecule has 4 rings (SSSR count). The number of aromatic amines is 1. The van der Waals surface area contributed by atoms with Crippen molar-refractivity contribution in [2.24, 2.45) is 0 Å². The van der Waals surface area contributed by atoms with Gasteiger partial charge in [-0.05, 0) is 30.3 Å².